The van der Waals surface area contributed by atoms with Gasteiger partial charge < -0.3 is 24.1 Å². The van der Waals surface area contributed by atoms with Crippen molar-refractivity contribution >= 4 is 11.9 Å². The maximum atomic E-state index is 12.9. The van der Waals surface area contributed by atoms with Crippen LogP contribution in [0.2, 0.25) is 0 Å². The Kier molecular flexibility index (Phi) is 3.61. The van der Waals surface area contributed by atoms with Crippen LogP contribution in [0.25, 0.3) is 0 Å². The Hall–Kier alpha value is -1.18. The standard InChI is InChI=1S/C20H28O7/c1-17(4-3-15(21)24-2)26-10-14(27-17)9-25-16(22)18-5-12-7-19(23)8-13(6-18)20(12,19)11-18/h12-14,23H,3-11H2,1-2H3. The molecular weight excluding hydrogens is 352 g/mol. The van der Waals surface area contributed by atoms with Gasteiger partial charge in [0, 0.05) is 11.8 Å². The molecule has 5 fully saturated rings. The summed E-state index contributed by atoms with van der Waals surface area (Å²) in [5.41, 5.74) is -0.875. The normalized spacial score (nSPS) is 51.3. The number of hydrogen-bond donors (Lipinski definition) is 1. The number of fused-ring (bicyclic) bond motifs is 1. The summed E-state index contributed by atoms with van der Waals surface area (Å²) in [6.07, 6.45) is 4.54. The van der Waals surface area contributed by atoms with Crippen LogP contribution in [0.1, 0.15) is 51.9 Å². The SMILES string of the molecule is COC(=O)CCC1(C)OCC(COC(=O)C23CC4CC5(O)CC(C2)C45C3)O1. The van der Waals surface area contributed by atoms with Crippen molar-refractivity contribution in [2.24, 2.45) is 22.7 Å². The zero-order chi connectivity index (χ0) is 19.1. The third-order valence-corrected chi connectivity index (χ3v) is 8.23. The fraction of sp³-hybridized carbons (Fsp3) is 0.900. The number of aliphatic hydroxyl groups is 1. The van der Waals surface area contributed by atoms with Gasteiger partial charge in [-0.05, 0) is 50.9 Å². The topological polar surface area (TPSA) is 91.3 Å². The molecule has 1 spiro atoms. The first-order valence-corrected chi connectivity index (χ1v) is 10.0. The molecular formula is C20H28O7. The maximum Gasteiger partial charge on any atom is 0.312 e. The lowest BCUT2D eigenvalue weighted by Crippen LogP contribution is -2.73. The van der Waals surface area contributed by atoms with E-state index in [9.17, 15) is 14.7 Å². The van der Waals surface area contributed by atoms with Gasteiger partial charge in [-0.1, -0.05) is 0 Å². The number of hydrogen-bond acceptors (Lipinski definition) is 7. The largest absolute Gasteiger partial charge is 0.469 e. The highest BCUT2D eigenvalue weighted by Gasteiger charge is 2.85. The lowest BCUT2D eigenvalue weighted by Gasteiger charge is -2.71. The van der Waals surface area contributed by atoms with Crippen LogP contribution < -0.4 is 0 Å². The van der Waals surface area contributed by atoms with Crippen molar-refractivity contribution in [2.45, 2.75) is 69.4 Å². The summed E-state index contributed by atoms with van der Waals surface area (Å²) in [6, 6.07) is 0. The van der Waals surface area contributed by atoms with E-state index in [2.05, 4.69) is 4.74 Å². The Balaban J connectivity index is 1.14. The molecule has 1 saturated heterocycles. The summed E-state index contributed by atoms with van der Waals surface area (Å²) in [7, 11) is 1.35. The molecule has 5 aliphatic rings. The van der Waals surface area contributed by atoms with Gasteiger partial charge in [0.05, 0.1) is 31.2 Å². The van der Waals surface area contributed by atoms with E-state index >= 15 is 0 Å². The molecule has 150 valence electrons. The van der Waals surface area contributed by atoms with Crippen molar-refractivity contribution in [1.29, 1.82) is 0 Å². The van der Waals surface area contributed by atoms with Gasteiger partial charge in [-0.25, -0.2) is 0 Å². The highest BCUT2D eigenvalue weighted by molar-refractivity contribution is 5.79. The maximum absolute atomic E-state index is 12.9. The Morgan fingerprint density at radius 2 is 1.89 bits per heavy atom. The highest BCUT2D eigenvalue weighted by Crippen LogP contribution is 2.86. The van der Waals surface area contributed by atoms with Crippen molar-refractivity contribution in [3.05, 3.63) is 0 Å². The molecule has 0 aromatic rings. The van der Waals surface area contributed by atoms with Crippen LogP contribution in [0.15, 0.2) is 0 Å². The van der Waals surface area contributed by atoms with Crippen molar-refractivity contribution in [1.82, 2.24) is 0 Å². The second kappa shape index (κ2) is 5.45. The smallest absolute Gasteiger partial charge is 0.312 e. The second-order valence-corrected chi connectivity index (χ2v) is 9.60. The molecule has 0 aromatic heterocycles. The molecule has 2 bridgehead atoms. The van der Waals surface area contributed by atoms with Crippen LogP contribution in [0.3, 0.4) is 0 Å². The zero-order valence-corrected chi connectivity index (χ0v) is 16.0. The molecule has 0 aromatic carbocycles. The van der Waals surface area contributed by atoms with Gasteiger partial charge in [-0.15, -0.1) is 0 Å². The van der Waals surface area contributed by atoms with Crippen molar-refractivity contribution < 1.29 is 33.6 Å². The number of carbonyl (C=O) groups is 2. The van der Waals surface area contributed by atoms with Gasteiger partial charge in [-0.2, -0.15) is 0 Å². The molecule has 1 aliphatic heterocycles. The first-order valence-electron chi connectivity index (χ1n) is 10.0. The summed E-state index contributed by atoms with van der Waals surface area (Å²) in [5.74, 6) is -0.290. The van der Waals surface area contributed by atoms with Crippen molar-refractivity contribution in [2.75, 3.05) is 20.3 Å². The average Bonchev–Trinajstić information content (AvgIpc) is 3.26. The van der Waals surface area contributed by atoms with Gasteiger partial charge in [0.1, 0.15) is 12.7 Å². The fourth-order valence-electron chi connectivity index (χ4n) is 7.06. The molecule has 1 heterocycles. The zero-order valence-electron chi connectivity index (χ0n) is 16.0. The van der Waals surface area contributed by atoms with Crippen LogP contribution in [0, 0.1) is 22.7 Å². The monoisotopic (exact) mass is 380 g/mol. The minimum atomic E-state index is -0.849. The van der Waals surface area contributed by atoms with Crippen LogP contribution in [0.4, 0.5) is 0 Å². The minimum absolute atomic E-state index is 0.0193. The van der Waals surface area contributed by atoms with Crippen molar-refractivity contribution in [3.63, 3.8) is 0 Å². The van der Waals surface area contributed by atoms with E-state index in [4.69, 9.17) is 14.2 Å². The minimum Gasteiger partial charge on any atom is -0.469 e. The first kappa shape index (κ1) is 17.9. The number of esters is 2. The molecule has 7 nitrogen and oxygen atoms in total. The average molecular weight is 380 g/mol. The van der Waals surface area contributed by atoms with Gasteiger partial charge in [0.2, 0.25) is 0 Å². The molecule has 27 heavy (non-hydrogen) atoms. The Labute approximate surface area is 158 Å². The lowest BCUT2D eigenvalue weighted by atomic mass is 9.35. The van der Waals surface area contributed by atoms with E-state index in [1.807, 2.05) is 0 Å². The van der Waals surface area contributed by atoms with E-state index < -0.39 is 16.8 Å². The van der Waals surface area contributed by atoms with Gasteiger partial charge in [0.15, 0.2) is 5.79 Å². The van der Waals surface area contributed by atoms with E-state index in [1.54, 1.807) is 6.92 Å². The van der Waals surface area contributed by atoms with E-state index in [0.29, 0.717) is 24.9 Å². The van der Waals surface area contributed by atoms with Crippen LogP contribution in [0.5, 0.6) is 0 Å². The summed E-state index contributed by atoms with van der Waals surface area (Å²) < 4.78 is 21.9. The molecule has 0 amide bonds. The Bertz CT molecular complexity index is 672. The van der Waals surface area contributed by atoms with E-state index in [-0.39, 0.29) is 36.5 Å². The summed E-state index contributed by atoms with van der Waals surface area (Å²) in [5, 5.41) is 10.7. The predicted molar refractivity (Wildman–Crippen MR) is 91.3 cm³/mol. The Morgan fingerprint density at radius 1 is 1.19 bits per heavy atom. The quantitative estimate of drug-likeness (QED) is 0.699. The van der Waals surface area contributed by atoms with Crippen LogP contribution >= 0.6 is 0 Å². The number of methoxy groups -OCH3 is 1. The lowest BCUT2D eigenvalue weighted by molar-refractivity contribution is -0.305. The fourth-order valence-corrected chi connectivity index (χ4v) is 7.06. The van der Waals surface area contributed by atoms with Crippen LogP contribution in [-0.2, 0) is 28.5 Å². The highest BCUT2D eigenvalue weighted by atomic mass is 16.7. The second-order valence-electron chi connectivity index (χ2n) is 9.60. The molecule has 7 heteroatoms. The van der Waals surface area contributed by atoms with E-state index in [1.165, 1.54) is 7.11 Å². The van der Waals surface area contributed by atoms with Gasteiger partial charge in [0.25, 0.3) is 0 Å². The molecule has 0 radical (unpaired) electrons. The summed E-state index contributed by atoms with van der Waals surface area (Å²) in [6.45, 7) is 2.30. The summed E-state index contributed by atoms with van der Waals surface area (Å²) in [4.78, 5) is 24.2. The molecule has 4 unspecified atom stereocenters. The van der Waals surface area contributed by atoms with Crippen LogP contribution in [-0.4, -0.2) is 54.9 Å². The number of carbonyl (C=O) groups excluding carboxylic acids is 2. The molecule has 4 atom stereocenters. The van der Waals surface area contributed by atoms with Crippen molar-refractivity contribution in [3.8, 4) is 0 Å². The third kappa shape index (κ3) is 2.25. The molecule has 4 saturated carbocycles. The van der Waals surface area contributed by atoms with E-state index in [0.717, 1.165) is 32.1 Å². The number of rotatable bonds is 6. The molecule has 4 aliphatic carbocycles. The molecule has 1 N–H and O–H groups in total. The third-order valence-electron chi connectivity index (χ3n) is 8.23. The van der Waals surface area contributed by atoms with Gasteiger partial charge in [-0.3, -0.25) is 9.59 Å². The summed E-state index contributed by atoms with van der Waals surface area (Å²) >= 11 is 0. The molecule has 5 rings (SSSR count). The first-order chi connectivity index (χ1) is 12.7. The Morgan fingerprint density at radius 3 is 2.48 bits per heavy atom. The number of ether oxygens (including phenoxy) is 4. The van der Waals surface area contributed by atoms with Gasteiger partial charge >= 0.3 is 11.9 Å². The predicted octanol–water partition coefficient (Wildman–Crippen LogP) is 1.56.